The number of hydrogen-bond donors (Lipinski definition) is 2. The number of carbonyl (C=O) groups is 1. The van der Waals surface area contributed by atoms with E-state index in [0.717, 1.165) is 19.3 Å². The van der Waals surface area contributed by atoms with E-state index in [1.165, 1.54) is 0 Å². The molecule has 2 amide bonds. The van der Waals surface area contributed by atoms with Crippen molar-refractivity contribution in [2.75, 3.05) is 5.32 Å². The van der Waals surface area contributed by atoms with Crippen LogP contribution in [0.25, 0.3) is 0 Å². The van der Waals surface area contributed by atoms with Crippen LogP contribution < -0.4 is 10.6 Å². The molecule has 1 aliphatic rings. The van der Waals surface area contributed by atoms with Gasteiger partial charge in [-0.2, -0.15) is 10.5 Å². The summed E-state index contributed by atoms with van der Waals surface area (Å²) in [6.07, 6.45) is 4.44. The molecule has 0 unspecified atom stereocenters. The van der Waals surface area contributed by atoms with Gasteiger partial charge in [-0.3, -0.25) is 0 Å². The van der Waals surface area contributed by atoms with E-state index in [1.807, 2.05) is 6.07 Å². The minimum atomic E-state index is -0.741. The molecule has 0 saturated heterocycles. The predicted octanol–water partition coefficient (Wildman–Crippen LogP) is 2.91. The average Bonchev–Trinajstić information content (AvgIpc) is 2.49. The summed E-state index contributed by atoms with van der Waals surface area (Å²) in [5, 5.41) is 23.5. The minimum Gasteiger partial charge on any atom is -0.319 e. The summed E-state index contributed by atoms with van der Waals surface area (Å²) in [6, 6.07) is 10.5. The molecule has 0 atom stereocenters. The zero-order valence-corrected chi connectivity index (χ0v) is 11.1. The Hall–Kier alpha value is -2.53. The number of nitriles is 2. The van der Waals surface area contributed by atoms with Crippen molar-refractivity contribution in [2.45, 2.75) is 37.6 Å². The van der Waals surface area contributed by atoms with Crippen LogP contribution in [0.4, 0.5) is 10.5 Å². The first kappa shape index (κ1) is 13.9. The van der Waals surface area contributed by atoms with E-state index < -0.39 is 5.54 Å². The van der Waals surface area contributed by atoms with Crippen molar-refractivity contribution >= 4 is 11.7 Å². The lowest BCUT2D eigenvalue weighted by molar-refractivity contribution is 0.233. The van der Waals surface area contributed by atoms with E-state index in [-0.39, 0.29) is 6.03 Å². The van der Waals surface area contributed by atoms with Crippen LogP contribution in [0, 0.1) is 22.7 Å². The highest BCUT2D eigenvalue weighted by molar-refractivity contribution is 5.90. The molecule has 20 heavy (non-hydrogen) atoms. The molecular weight excluding hydrogens is 252 g/mol. The molecule has 1 aliphatic carbocycles. The summed E-state index contributed by atoms with van der Waals surface area (Å²) < 4.78 is 0. The highest BCUT2D eigenvalue weighted by Gasteiger charge is 2.33. The van der Waals surface area contributed by atoms with E-state index in [4.69, 9.17) is 5.26 Å². The number of urea groups is 1. The number of hydrogen-bond acceptors (Lipinski definition) is 3. The van der Waals surface area contributed by atoms with Crippen molar-refractivity contribution in [3.05, 3.63) is 29.8 Å². The highest BCUT2D eigenvalue weighted by atomic mass is 16.2. The van der Waals surface area contributed by atoms with Crippen LogP contribution in [0.3, 0.4) is 0 Å². The molecule has 1 saturated carbocycles. The zero-order chi connectivity index (χ0) is 14.4. The van der Waals surface area contributed by atoms with E-state index in [9.17, 15) is 10.1 Å². The second-order valence-electron chi connectivity index (χ2n) is 5.02. The molecule has 5 heteroatoms. The van der Waals surface area contributed by atoms with Crippen molar-refractivity contribution in [3.8, 4) is 12.1 Å². The lowest BCUT2D eigenvalue weighted by Crippen LogP contribution is -2.50. The standard InChI is InChI=1S/C15H16N4O/c16-10-12-4-6-13(7-5-12)18-14(20)19-15(11-17)8-2-1-3-9-15/h4-7H,1-3,8-9H2,(H2,18,19,20). The molecule has 2 N–H and O–H groups in total. The summed E-state index contributed by atoms with van der Waals surface area (Å²) in [4.78, 5) is 12.0. The van der Waals surface area contributed by atoms with Crippen LogP contribution in [0.2, 0.25) is 0 Å². The fourth-order valence-corrected chi connectivity index (χ4v) is 2.43. The van der Waals surface area contributed by atoms with Crippen molar-refractivity contribution in [3.63, 3.8) is 0 Å². The van der Waals surface area contributed by atoms with Gasteiger partial charge in [-0.1, -0.05) is 19.3 Å². The third-order valence-corrected chi connectivity index (χ3v) is 3.55. The molecule has 0 radical (unpaired) electrons. The van der Waals surface area contributed by atoms with Gasteiger partial charge in [-0.25, -0.2) is 4.79 Å². The molecule has 0 heterocycles. The van der Waals surface area contributed by atoms with E-state index >= 15 is 0 Å². The molecular formula is C15H16N4O. The SMILES string of the molecule is N#Cc1ccc(NC(=O)NC2(C#N)CCCCC2)cc1. The number of rotatable bonds is 2. The Balaban J connectivity index is 1.97. The van der Waals surface area contributed by atoms with E-state index in [1.54, 1.807) is 24.3 Å². The van der Waals surface area contributed by atoms with Gasteiger partial charge in [0.25, 0.3) is 0 Å². The van der Waals surface area contributed by atoms with Crippen LogP contribution in [-0.2, 0) is 0 Å². The van der Waals surface area contributed by atoms with Gasteiger partial charge in [-0.05, 0) is 37.1 Å². The Morgan fingerprint density at radius 3 is 2.30 bits per heavy atom. The number of amides is 2. The van der Waals surface area contributed by atoms with Crippen LogP contribution in [0.1, 0.15) is 37.7 Å². The molecule has 1 aromatic carbocycles. The van der Waals surface area contributed by atoms with Crippen LogP contribution in [-0.4, -0.2) is 11.6 Å². The minimum absolute atomic E-state index is 0.377. The Morgan fingerprint density at radius 2 is 1.75 bits per heavy atom. The third kappa shape index (κ3) is 3.27. The fourth-order valence-electron chi connectivity index (χ4n) is 2.43. The molecule has 0 bridgehead atoms. The Morgan fingerprint density at radius 1 is 1.10 bits per heavy atom. The molecule has 0 aliphatic heterocycles. The van der Waals surface area contributed by atoms with Gasteiger partial charge >= 0.3 is 6.03 Å². The quantitative estimate of drug-likeness (QED) is 0.864. The van der Waals surface area contributed by atoms with Crippen molar-refractivity contribution < 1.29 is 4.79 Å². The van der Waals surface area contributed by atoms with Crippen LogP contribution >= 0.6 is 0 Å². The zero-order valence-electron chi connectivity index (χ0n) is 11.1. The van der Waals surface area contributed by atoms with Gasteiger partial charge in [0.15, 0.2) is 0 Å². The maximum absolute atomic E-state index is 12.0. The molecule has 5 nitrogen and oxygen atoms in total. The van der Waals surface area contributed by atoms with Gasteiger partial charge in [0.2, 0.25) is 0 Å². The number of benzene rings is 1. The lowest BCUT2D eigenvalue weighted by atomic mass is 9.83. The summed E-state index contributed by atoms with van der Waals surface area (Å²) in [7, 11) is 0. The van der Waals surface area contributed by atoms with Crippen molar-refractivity contribution in [1.29, 1.82) is 10.5 Å². The molecule has 102 valence electrons. The maximum atomic E-state index is 12.0. The van der Waals surface area contributed by atoms with Gasteiger partial charge in [0.1, 0.15) is 5.54 Å². The normalized spacial score (nSPS) is 16.5. The average molecular weight is 268 g/mol. The molecule has 1 aromatic rings. The summed E-state index contributed by atoms with van der Waals surface area (Å²) in [6.45, 7) is 0. The number of carbonyl (C=O) groups excluding carboxylic acids is 1. The first-order chi connectivity index (χ1) is 9.67. The summed E-state index contributed by atoms with van der Waals surface area (Å²) in [5.74, 6) is 0. The lowest BCUT2D eigenvalue weighted by Gasteiger charge is -2.31. The number of anilines is 1. The fraction of sp³-hybridized carbons (Fsp3) is 0.400. The Labute approximate surface area is 118 Å². The number of nitrogens with zero attached hydrogens (tertiary/aromatic N) is 2. The summed E-state index contributed by atoms with van der Waals surface area (Å²) in [5.41, 5.74) is 0.400. The van der Waals surface area contributed by atoms with Gasteiger partial charge in [-0.15, -0.1) is 0 Å². The molecule has 0 spiro atoms. The Kier molecular flexibility index (Phi) is 4.22. The van der Waals surface area contributed by atoms with Crippen molar-refractivity contribution in [2.24, 2.45) is 0 Å². The topological polar surface area (TPSA) is 88.7 Å². The van der Waals surface area contributed by atoms with Crippen LogP contribution in [0.15, 0.2) is 24.3 Å². The molecule has 2 rings (SSSR count). The van der Waals surface area contributed by atoms with E-state index in [0.29, 0.717) is 24.1 Å². The first-order valence-corrected chi connectivity index (χ1v) is 6.68. The van der Waals surface area contributed by atoms with Gasteiger partial charge in [0, 0.05) is 5.69 Å². The molecule has 0 aromatic heterocycles. The Bertz CT molecular complexity index is 559. The summed E-state index contributed by atoms with van der Waals surface area (Å²) >= 11 is 0. The predicted molar refractivity (Wildman–Crippen MR) is 74.7 cm³/mol. The highest BCUT2D eigenvalue weighted by Crippen LogP contribution is 2.27. The van der Waals surface area contributed by atoms with Crippen molar-refractivity contribution in [1.82, 2.24) is 5.32 Å². The second-order valence-corrected chi connectivity index (χ2v) is 5.02. The number of nitrogens with one attached hydrogen (secondary N) is 2. The second kappa shape index (κ2) is 6.08. The van der Waals surface area contributed by atoms with Gasteiger partial charge < -0.3 is 10.6 Å². The van der Waals surface area contributed by atoms with Crippen LogP contribution in [0.5, 0.6) is 0 Å². The van der Waals surface area contributed by atoms with E-state index in [2.05, 4.69) is 16.7 Å². The first-order valence-electron chi connectivity index (χ1n) is 6.68. The largest absolute Gasteiger partial charge is 0.320 e. The molecule has 1 fully saturated rings. The van der Waals surface area contributed by atoms with Gasteiger partial charge in [0.05, 0.1) is 17.7 Å². The maximum Gasteiger partial charge on any atom is 0.320 e. The third-order valence-electron chi connectivity index (χ3n) is 3.55. The monoisotopic (exact) mass is 268 g/mol. The smallest absolute Gasteiger partial charge is 0.319 e.